The normalized spacial score (nSPS) is 11.2. The third-order valence-electron chi connectivity index (χ3n) is 2.05. The van der Waals surface area contributed by atoms with Crippen molar-refractivity contribution in [2.75, 3.05) is 14.2 Å². The molecule has 0 saturated carbocycles. The number of halogens is 1. The molecule has 0 radical (unpaired) electrons. The topological polar surface area (TPSA) is 78.6 Å². The number of hydrogen-bond donors (Lipinski definition) is 1. The third-order valence-corrected chi connectivity index (χ3v) is 3.54. The van der Waals surface area contributed by atoms with Crippen molar-refractivity contribution in [2.24, 2.45) is 5.14 Å². The van der Waals surface area contributed by atoms with E-state index in [0.717, 1.165) is 0 Å². The lowest BCUT2D eigenvalue weighted by molar-refractivity contribution is 0.380. The maximum Gasteiger partial charge on any atom is 0.241 e. The molecule has 0 saturated heterocycles. The van der Waals surface area contributed by atoms with E-state index in [-0.39, 0.29) is 10.6 Å². The van der Waals surface area contributed by atoms with Gasteiger partial charge in [0.2, 0.25) is 10.0 Å². The Hall–Kier alpha value is -0.790. The Bertz CT molecular complexity index is 487. The fourth-order valence-corrected chi connectivity index (χ4v) is 2.61. The zero-order valence-corrected chi connectivity index (χ0v) is 11.3. The zero-order valence-electron chi connectivity index (χ0n) is 8.86. The maximum absolute atomic E-state index is 11.3. The van der Waals surface area contributed by atoms with E-state index >= 15 is 0 Å². The molecular formula is C9H12BrNO4S. The molecule has 0 atom stereocenters. The van der Waals surface area contributed by atoms with Gasteiger partial charge < -0.3 is 9.47 Å². The van der Waals surface area contributed by atoms with Crippen LogP contribution in [0.15, 0.2) is 17.0 Å². The predicted octanol–water partition coefficient (Wildman–Crippen LogP) is 1.25. The first kappa shape index (κ1) is 13.3. The van der Waals surface area contributed by atoms with Crippen LogP contribution in [0.25, 0.3) is 0 Å². The second-order valence-corrected chi connectivity index (χ2v) is 5.05. The summed E-state index contributed by atoms with van der Waals surface area (Å²) in [5, 5.41) is 5.49. The number of nitrogens with two attached hydrogens (primary N) is 1. The Kier molecular flexibility index (Phi) is 4.17. The highest BCUT2D eigenvalue weighted by molar-refractivity contribution is 9.08. The average molecular weight is 310 g/mol. The van der Waals surface area contributed by atoms with E-state index < -0.39 is 10.0 Å². The van der Waals surface area contributed by atoms with Gasteiger partial charge in [0, 0.05) is 10.9 Å². The Morgan fingerprint density at radius 2 is 1.94 bits per heavy atom. The molecule has 90 valence electrons. The molecule has 0 aliphatic heterocycles. The third kappa shape index (κ3) is 2.47. The van der Waals surface area contributed by atoms with Crippen molar-refractivity contribution in [3.8, 4) is 11.5 Å². The number of primary sulfonamides is 1. The molecule has 16 heavy (non-hydrogen) atoms. The molecule has 5 nitrogen and oxygen atoms in total. The van der Waals surface area contributed by atoms with E-state index in [0.29, 0.717) is 16.6 Å². The number of benzene rings is 1. The molecule has 2 N–H and O–H groups in total. The molecule has 0 unspecified atom stereocenters. The fourth-order valence-electron chi connectivity index (χ4n) is 1.35. The van der Waals surface area contributed by atoms with Crippen molar-refractivity contribution in [2.45, 2.75) is 10.2 Å². The van der Waals surface area contributed by atoms with Crippen LogP contribution in [0.2, 0.25) is 0 Å². The maximum atomic E-state index is 11.3. The van der Waals surface area contributed by atoms with Crippen LogP contribution < -0.4 is 14.6 Å². The smallest absolute Gasteiger partial charge is 0.241 e. The molecule has 0 aliphatic rings. The SMILES string of the molecule is COc1ccc(S(N)(=O)=O)c(OC)c1CBr. The summed E-state index contributed by atoms with van der Waals surface area (Å²) in [6.07, 6.45) is 0. The minimum absolute atomic E-state index is 0.0507. The highest BCUT2D eigenvalue weighted by atomic mass is 79.9. The molecule has 1 aromatic carbocycles. The van der Waals surface area contributed by atoms with Gasteiger partial charge in [-0.05, 0) is 12.1 Å². The van der Waals surface area contributed by atoms with Gasteiger partial charge in [0.1, 0.15) is 16.4 Å². The summed E-state index contributed by atoms with van der Waals surface area (Å²) in [5.74, 6) is 0.750. The summed E-state index contributed by atoms with van der Waals surface area (Å²) in [6.45, 7) is 0. The summed E-state index contributed by atoms with van der Waals surface area (Å²) in [5.41, 5.74) is 0.608. The first-order valence-corrected chi connectivity index (χ1v) is 6.95. The van der Waals surface area contributed by atoms with Gasteiger partial charge in [-0.15, -0.1) is 0 Å². The monoisotopic (exact) mass is 309 g/mol. The van der Waals surface area contributed by atoms with Gasteiger partial charge in [-0.1, -0.05) is 15.9 Å². The summed E-state index contributed by atoms with van der Waals surface area (Å²) >= 11 is 3.25. The largest absolute Gasteiger partial charge is 0.496 e. The number of alkyl halides is 1. The van der Waals surface area contributed by atoms with Gasteiger partial charge in [-0.25, -0.2) is 13.6 Å². The Balaban J connectivity index is 3.56. The van der Waals surface area contributed by atoms with Gasteiger partial charge in [0.05, 0.1) is 14.2 Å². The van der Waals surface area contributed by atoms with Gasteiger partial charge in [-0.3, -0.25) is 0 Å². The van der Waals surface area contributed by atoms with Crippen molar-refractivity contribution in [1.82, 2.24) is 0 Å². The van der Waals surface area contributed by atoms with Crippen LogP contribution in [-0.2, 0) is 15.4 Å². The van der Waals surface area contributed by atoms with Gasteiger partial charge >= 0.3 is 0 Å². The van der Waals surface area contributed by atoms with E-state index in [1.165, 1.54) is 20.3 Å². The molecule has 0 amide bonds. The standard InChI is InChI=1S/C9H12BrNO4S/c1-14-7-3-4-8(16(11,12)13)9(15-2)6(7)5-10/h3-4H,5H2,1-2H3,(H2,11,12,13). The quantitative estimate of drug-likeness (QED) is 0.849. The van der Waals surface area contributed by atoms with Crippen LogP contribution in [0.1, 0.15) is 5.56 Å². The molecule has 7 heteroatoms. The van der Waals surface area contributed by atoms with Gasteiger partial charge in [0.25, 0.3) is 0 Å². The van der Waals surface area contributed by atoms with Crippen molar-refractivity contribution >= 4 is 26.0 Å². The van der Waals surface area contributed by atoms with Crippen molar-refractivity contribution < 1.29 is 17.9 Å². The first-order chi connectivity index (χ1) is 7.45. The highest BCUT2D eigenvalue weighted by Gasteiger charge is 2.20. The van der Waals surface area contributed by atoms with E-state index in [1.807, 2.05) is 0 Å². The minimum atomic E-state index is -3.80. The Labute approximate surface area is 103 Å². The molecule has 1 aromatic rings. The van der Waals surface area contributed by atoms with Gasteiger partial charge in [-0.2, -0.15) is 0 Å². The van der Waals surface area contributed by atoms with E-state index in [2.05, 4.69) is 15.9 Å². The molecule has 0 aliphatic carbocycles. The molecule has 1 rings (SSSR count). The highest BCUT2D eigenvalue weighted by Crippen LogP contribution is 2.35. The van der Waals surface area contributed by atoms with Crippen LogP contribution in [0, 0.1) is 0 Å². The summed E-state index contributed by atoms with van der Waals surface area (Å²) < 4.78 is 32.8. The lowest BCUT2D eigenvalue weighted by Crippen LogP contribution is -2.14. The molecule has 0 fully saturated rings. The zero-order chi connectivity index (χ0) is 12.3. The van der Waals surface area contributed by atoms with E-state index in [9.17, 15) is 8.42 Å². The van der Waals surface area contributed by atoms with Crippen LogP contribution in [-0.4, -0.2) is 22.6 Å². The predicted molar refractivity (Wildman–Crippen MR) is 63.6 cm³/mol. The molecule has 0 aromatic heterocycles. The fraction of sp³-hybridized carbons (Fsp3) is 0.333. The summed E-state index contributed by atoms with van der Waals surface area (Å²) in [6, 6.07) is 2.90. The molecule has 0 bridgehead atoms. The average Bonchev–Trinajstić information content (AvgIpc) is 2.25. The number of hydrogen-bond acceptors (Lipinski definition) is 4. The van der Waals surface area contributed by atoms with Crippen LogP contribution in [0.4, 0.5) is 0 Å². The van der Waals surface area contributed by atoms with Crippen LogP contribution in [0.5, 0.6) is 11.5 Å². The summed E-state index contributed by atoms with van der Waals surface area (Å²) in [7, 11) is -0.922. The number of ether oxygens (including phenoxy) is 2. The van der Waals surface area contributed by atoms with E-state index in [4.69, 9.17) is 14.6 Å². The second kappa shape index (κ2) is 5.03. The lowest BCUT2D eigenvalue weighted by Gasteiger charge is -2.14. The molecule has 0 heterocycles. The second-order valence-electron chi connectivity index (χ2n) is 2.96. The van der Waals surface area contributed by atoms with E-state index in [1.54, 1.807) is 6.07 Å². The number of rotatable bonds is 4. The molecular weight excluding hydrogens is 298 g/mol. The van der Waals surface area contributed by atoms with Crippen LogP contribution >= 0.6 is 15.9 Å². The Morgan fingerprint density at radius 3 is 2.31 bits per heavy atom. The number of sulfonamides is 1. The van der Waals surface area contributed by atoms with Crippen LogP contribution in [0.3, 0.4) is 0 Å². The Morgan fingerprint density at radius 1 is 1.31 bits per heavy atom. The van der Waals surface area contributed by atoms with Gasteiger partial charge in [0.15, 0.2) is 0 Å². The van der Waals surface area contributed by atoms with Crippen molar-refractivity contribution in [3.05, 3.63) is 17.7 Å². The lowest BCUT2D eigenvalue weighted by atomic mass is 10.2. The minimum Gasteiger partial charge on any atom is -0.496 e. The molecule has 0 spiro atoms. The van der Waals surface area contributed by atoms with Crippen molar-refractivity contribution in [3.63, 3.8) is 0 Å². The number of methoxy groups -OCH3 is 2. The summed E-state index contributed by atoms with van der Waals surface area (Å²) in [4.78, 5) is -0.0507. The van der Waals surface area contributed by atoms with Crippen molar-refractivity contribution in [1.29, 1.82) is 0 Å². The first-order valence-electron chi connectivity index (χ1n) is 4.28.